The van der Waals surface area contributed by atoms with E-state index < -0.39 is 5.66 Å². The quantitative estimate of drug-likeness (QED) is 0.805. The van der Waals surface area contributed by atoms with E-state index in [1.165, 1.54) is 6.42 Å². The second-order valence-corrected chi connectivity index (χ2v) is 7.83. The summed E-state index contributed by atoms with van der Waals surface area (Å²) in [5.74, 6) is 0.834. The van der Waals surface area contributed by atoms with Crippen molar-refractivity contribution in [3.05, 3.63) is 24.3 Å². The van der Waals surface area contributed by atoms with Crippen molar-refractivity contribution in [1.29, 1.82) is 0 Å². The average molecular weight is 384 g/mol. The molecule has 0 unspecified atom stereocenters. The molecule has 4 N–H and O–H groups in total. The molecular formula is C20H29N7O. The number of piperazine rings is 1. The van der Waals surface area contributed by atoms with E-state index in [-0.39, 0.29) is 11.9 Å². The SMILES string of the molecule is CC(=O)N1CCN(c2ccc(N3C(N)=NC(N)=NC34CCCCC4)cc2)CC1. The number of benzene rings is 1. The first-order valence-electron chi connectivity index (χ1n) is 10.1. The maximum Gasteiger partial charge on any atom is 0.220 e. The fourth-order valence-corrected chi connectivity index (χ4v) is 4.59. The van der Waals surface area contributed by atoms with Crippen molar-refractivity contribution >= 4 is 29.2 Å². The first-order valence-corrected chi connectivity index (χ1v) is 10.1. The lowest BCUT2D eigenvalue weighted by molar-refractivity contribution is -0.129. The van der Waals surface area contributed by atoms with Gasteiger partial charge in [0.15, 0.2) is 0 Å². The van der Waals surface area contributed by atoms with Crippen molar-refractivity contribution in [2.24, 2.45) is 21.5 Å². The summed E-state index contributed by atoms with van der Waals surface area (Å²) >= 11 is 0. The van der Waals surface area contributed by atoms with Gasteiger partial charge in [0.2, 0.25) is 17.8 Å². The molecule has 4 rings (SSSR count). The molecule has 1 amide bonds. The molecule has 1 aromatic carbocycles. The van der Waals surface area contributed by atoms with E-state index in [9.17, 15) is 4.79 Å². The molecule has 1 aromatic rings. The molecule has 2 heterocycles. The van der Waals surface area contributed by atoms with Crippen LogP contribution < -0.4 is 21.3 Å². The Morgan fingerprint density at radius 3 is 2.18 bits per heavy atom. The monoisotopic (exact) mass is 383 g/mol. The van der Waals surface area contributed by atoms with Crippen LogP contribution in [-0.2, 0) is 4.79 Å². The van der Waals surface area contributed by atoms with Crippen LogP contribution in [0, 0.1) is 0 Å². The van der Waals surface area contributed by atoms with Gasteiger partial charge in [-0.15, -0.1) is 0 Å². The van der Waals surface area contributed by atoms with E-state index in [1.54, 1.807) is 6.92 Å². The van der Waals surface area contributed by atoms with Crippen molar-refractivity contribution in [2.45, 2.75) is 44.7 Å². The maximum atomic E-state index is 11.5. The third-order valence-corrected chi connectivity index (χ3v) is 6.05. The first kappa shape index (κ1) is 18.6. The van der Waals surface area contributed by atoms with Gasteiger partial charge in [-0.25, -0.2) is 4.99 Å². The zero-order valence-electron chi connectivity index (χ0n) is 16.5. The predicted octanol–water partition coefficient (Wildman–Crippen LogP) is 1.46. The summed E-state index contributed by atoms with van der Waals surface area (Å²) in [7, 11) is 0. The highest BCUT2D eigenvalue weighted by molar-refractivity contribution is 6.05. The van der Waals surface area contributed by atoms with Crippen LogP contribution in [0.5, 0.6) is 0 Å². The fourth-order valence-electron chi connectivity index (χ4n) is 4.59. The van der Waals surface area contributed by atoms with Crippen molar-refractivity contribution in [2.75, 3.05) is 36.0 Å². The third-order valence-electron chi connectivity index (χ3n) is 6.05. The lowest BCUT2D eigenvalue weighted by Crippen LogP contribution is -2.58. The molecule has 8 nitrogen and oxygen atoms in total. The van der Waals surface area contributed by atoms with Crippen LogP contribution in [0.15, 0.2) is 34.3 Å². The summed E-state index contributed by atoms with van der Waals surface area (Å²) in [4.78, 5) is 26.7. The summed E-state index contributed by atoms with van der Waals surface area (Å²) < 4.78 is 0. The number of carbonyl (C=O) groups is 1. The van der Waals surface area contributed by atoms with Crippen LogP contribution in [-0.4, -0.2) is 54.6 Å². The summed E-state index contributed by atoms with van der Waals surface area (Å²) in [5, 5.41) is 0. The summed E-state index contributed by atoms with van der Waals surface area (Å²) in [6.07, 6.45) is 5.29. The van der Waals surface area contributed by atoms with Gasteiger partial charge in [-0.2, -0.15) is 4.99 Å². The smallest absolute Gasteiger partial charge is 0.220 e. The molecule has 0 bridgehead atoms. The normalized spacial score (nSPS) is 22.1. The van der Waals surface area contributed by atoms with E-state index in [2.05, 4.69) is 39.1 Å². The van der Waals surface area contributed by atoms with Gasteiger partial charge in [0.25, 0.3) is 0 Å². The number of guanidine groups is 2. The molecule has 2 fully saturated rings. The van der Waals surface area contributed by atoms with E-state index in [1.807, 2.05) is 4.90 Å². The highest BCUT2D eigenvalue weighted by Gasteiger charge is 2.42. The van der Waals surface area contributed by atoms with Crippen molar-refractivity contribution < 1.29 is 4.79 Å². The lowest BCUT2D eigenvalue weighted by Gasteiger charge is -2.45. The zero-order valence-corrected chi connectivity index (χ0v) is 16.5. The van der Waals surface area contributed by atoms with Gasteiger partial charge in [0.05, 0.1) is 0 Å². The molecule has 0 atom stereocenters. The van der Waals surface area contributed by atoms with Crippen LogP contribution >= 0.6 is 0 Å². The van der Waals surface area contributed by atoms with Gasteiger partial charge in [0.1, 0.15) is 5.66 Å². The highest BCUT2D eigenvalue weighted by atomic mass is 16.2. The molecule has 1 aliphatic carbocycles. The second kappa shape index (κ2) is 7.33. The van der Waals surface area contributed by atoms with Gasteiger partial charge in [-0.1, -0.05) is 6.42 Å². The van der Waals surface area contributed by atoms with Gasteiger partial charge in [-0.3, -0.25) is 9.69 Å². The summed E-state index contributed by atoms with van der Waals surface area (Å²) in [6.45, 7) is 4.85. The minimum Gasteiger partial charge on any atom is -0.369 e. The minimum absolute atomic E-state index is 0.146. The number of rotatable bonds is 2. The highest BCUT2D eigenvalue weighted by Crippen LogP contribution is 2.39. The Bertz CT molecular complexity index is 787. The number of nitrogens with two attached hydrogens (primary N) is 2. The topological polar surface area (TPSA) is 104 Å². The maximum absolute atomic E-state index is 11.5. The van der Waals surface area contributed by atoms with E-state index in [0.29, 0.717) is 5.96 Å². The lowest BCUT2D eigenvalue weighted by atomic mass is 9.87. The standard InChI is InChI=1S/C20H29N7O/c1-15(28)25-11-13-26(14-12-25)16-5-7-17(8-6-16)27-19(22)23-18(21)24-20(27)9-3-2-4-10-20/h5-8H,2-4,9-14H2,1H3,(H4,21,22,23,24). The van der Waals surface area contributed by atoms with Gasteiger partial charge in [-0.05, 0) is 49.9 Å². The third kappa shape index (κ3) is 3.39. The molecule has 0 aromatic heterocycles. The molecule has 2 aliphatic heterocycles. The van der Waals surface area contributed by atoms with E-state index in [4.69, 9.17) is 16.5 Å². The number of hydrogen-bond acceptors (Lipinski definition) is 7. The van der Waals surface area contributed by atoms with Crippen LogP contribution in [0.1, 0.15) is 39.0 Å². The number of anilines is 2. The number of hydrogen-bond donors (Lipinski definition) is 2. The predicted molar refractivity (Wildman–Crippen MR) is 112 cm³/mol. The molecule has 28 heavy (non-hydrogen) atoms. The number of aliphatic imine (C=N–C) groups is 2. The molecule has 0 radical (unpaired) electrons. The Hall–Kier alpha value is -2.77. The Labute approximate surface area is 165 Å². The minimum atomic E-state index is -0.414. The molecule has 8 heteroatoms. The fraction of sp³-hybridized carbons (Fsp3) is 0.550. The number of carbonyl (C=O) groups excluding carboxylic acids is 1. The molecule has 1 saturated heterocycles. The van der Waals surface area contributed by atoms with Crippen molar-refractivity contribution in [3.8, 4) is 0 Å². The van der Waals surface area contributed by atoms with Crippen molar-refractivity contribution in [3.63, 3.8) is 0 Å². The Balaban J connectivity index is 1.54. The van der Waals surface area contributed by atoms with Crippen LogP contribution in [0.4, 0.5) is 11.4 Å². The average Bonchev–Trinajstić information content (AvgIpc) is 2.68. The molecule has 150 valence electrons. The molecule has 1 saturated carbocycles. The summed E-state index contributed by atoms with van der Waals surface area (Å²) in [5.41, 5.74) is 14.0. The zero-order chi connectivity index (χ0) is 19.7. The van der Waals surface area contributed by atoms with Crippen LogP contribution in [0.2, 0.25) is 0 Å². The molecular weight excluding hydrogens is 354 g/mol. The number of nitrogens with zero attached hydrogens (tertiary/aromatic N) is 5. The van der Waals surface area contributed by atoms with E-state index >= 15 is 0 Å². The Morgan fingerprint density at radius 1 is 0.964 bits per heavy atom. The van der Waals surface area contributed by atoms with Crippen LogP contribution in [0.3, 0.4) is 0 Å². The largest absolute Gasteiger partial charge is 0.369 e. The molecule has 3 aliphatic rings. The Kier molecular flexibility index (Phi) is 4.87. The number of amides is 1. The van der Waals surface area contributed by atoms with Crippen LogP contribution in [0.25, 0.3) is 0 Å². The first-order chi connectivity index (χ1) is 13.5. The second-order valence-electron chi connectivity index (χ2n) is 7.83. The molecule has 1 spiro atoms. The summed E-state index contributed by atoms with van der Waals surface area (Å²) in [6, 6.07) is 8.40. The van der Waals surface area contributed by atoms with E-state index in [0.717, 1.165) is 63.2 Å². The van der Waals surface area contributed by atoms with Gasteiger partial charge >= 0.3 is 0 Å². The Morgan fingerprint density at radius 2 is 1.57 bits per heavy atom. The van der Waals surface area contributed by atoms with Gasteiger partial charge < -0.3 is 21.3 Å². The van der Waals surface area contributed by atoms with Crippen molar-refractivity contribution in [1.82, 2.24) is 4.90 Å². The van der Waals surface area contributed by atoms with Gasteiger partial charge in [0, 0.05) is 44.5 Å².